The van der Waals surface area contributed by atoms with E-state index in [2.05, 4.69) is 11.2 Å². The molecule has 0 bridgehead atoms. The summed E-state index contributed by atoms with van der Waals surface area (Å²) >= 11 is 0. The average Bonchev–Trinajstić information content (AvgIpc) is 2.54. The standard InChI is InChI=1S/C9H4FN2.Co/c10-8-2-1-6(5-11)7-3-4-12-9(7)8;/h1-3,12H;/q-1;. The molecule has 1 radical (unpaired) electrons. The monoisotopic (exact) mass is 218 g/mol. The third-order valence-electron chi connectivity index (χ3n) is 1.73. The van der Waals surface area contributed by atoms with Gasteiger partial charge in [0, 0.05) is 16.8 Å². The summed E-state index contributed by atoms with van der Waals surface area (Å²) in [7, 11) is 0. The molecule has 0 saturated heterocycles. The van der Waals surface area contributed by atoms with Gasteiger partial charge in [0.1, 0.15) is 0 Å². The molecule has 0 unspecified atom stereocenters. The number of rotatable bonds is 0. The van der Waals surface area contributed by atoms with Gasteiger partial charge < -0.3 is 4.98 Å². The van der Waals surface area contributed by atoms with Crippen LogP contribution in [-0.4, -0.2) is 4.98 Å². The maximum absolute atomic E-state index is 13.0. The van der Waals surface area contributed by atoms with Crippen molar-refractivity contribution in [1.29, 1.82) is 5.26 Å². The van der Waals surface area contributed by atoms with Crippen LogP contribution in [0.15, 0.2) is 18.2 Å². The first-order chi connectivity index (χ1) is 5.83. The maximum Gasteiger partial charge on any atom is 0.0853 e. The van der Waals surface area contributed by atoms with Crippen molar-refractivity contribution in [3.8, 4) is 6.07 Å². The second-order valence-electron chi connectivity index (χ2n) is 2.41. The first-order valence-electron chi connectivity index (χ1n) is 3.40. The van der Waals surface area contributed by atoms with Crippen LogP contribution in [0.1, 0.15) is 5.56 Å². The summed E-state index contributed by atoms with van der Waals surface area (Å²) in [6.07, 6.45) is 2.64. The molecule has 2 rings (SSSR count). The van der Waals surface area contributed by atoms with Gasteiger partial charge in [0.15, 0.2) is 0 Å². The summed E-state index contributed by atoms with van der Waals surface area (Å²) in [6.45, 7) is 0. The number of nitrogens with one attached hydrogen (secondary N) is 1. The number of nitrogens with zero attached hydrogens (tertiary/aromatic N) is 1. The number of benzene rings is 1. The van der Waals surface area contributed by atoms with E-state index < -0.39 is 0 Å². The van der Waals surface area contributed by atoms with E-state index in [4.69, 9.17) is 5.26 Å². The Hall–Kier alpha value is -1.31. The van der Waals surface area contributed by atoms with Crippen molar-refractivity contribution in [1.82, 2.24) is 4.98 Å². The van der Waals surface area contributed by atoms with Crippen LogP contribution in [0.25, 0.3) is 10.9 Å². The van der Waals surface area contributed by atoms with Crippen LogP contribution >= 0.6 is 0 Å². The van der Waals surface area contributed by atoms with Crippen LogP contribution in [0.2, 0.25) is 0 Å². The Morgan fingerprint density at radius 1 is 1.46 bits per heavy atom. The van der Waals surface area contributed by atoms with Crippen molar-refractivity contribution < 1.29 is 21.2 Å². The molecule has 0 aliphatic carbocycles. The summed E-state index contributed by atoms with van der Waals surface area (Å²) in [5, 5.41) is 9.23. The molecule has 2 aromatic rings. The first-order valence-corrected chi connectivity index (χ1v) is 3.40. The van der Waals surface area contributed by atoms with Gasteiger partial charge >= 0.3 is 0 Å². The summed E-state index contributed by atoms with van der Waals surface area (Å²) in [5.41, 5.74) is 0.804. The fourth-order valence-corrected chi connectivity index (χ4v) is 1.15. The van der Waals surface area contributed by atoms with Gasteiger partial charge in [-0.2, -0.15) is 11.3 Å². The molecule has 0 aliphatic heterocycles. The van der Waals surface area contributed by atoms with E-state index in [1.807, 2.05) is 6.07 Å². The molecule has 1 heterocycles. The van der Waals surface area contributed by atoms with E-state index in [-0.39, 0.29) is 22.6 Å². The van der Waals surface area contributed by atoms with E-state index in [0.29, 0.717) is 16.5 Å². The molecule has 2 nitrogen and oxygen atoms in total. The van der Waals surface area contributed by atoms with E-state index in [0.717, 1.165) is 0 Å². The largest absolute Gasteiger partial charge is 0.475 e. The predicted molar refractivity (Wildman–Crippen MR) is 41.8 cm³/mol. The van der Waals surface area contributed by atoms with Crippen LogP contribution < -0.4 is 0 Å². The number of hydrogen-bond donors (Lipinski definition) is 1. The van der Waals surface area contributed by atoms with Crippen LogP contribution in [0.3, 0.4) is 0 Å². The molecular formula is C9H4CoFN2-. The number of fused-ring (bicyclic) bond motifs is 1. The van der Waals surface area contributed by atoms with Crippen molar-refractivity contribution in [3.05, 3.63) is 35.8 Å². The zero-order valence-corrected chi connectivity index (χ0v) is 7.43. The molecule has 13 heavy (non-hydrogen) atoms. The summed E-state index contributed by atoms with van der Waals surface area (Å²) in [6, 6.07) is 6.27. The number of nitriles is 1. The van der Waals surface area contributed by atoms with E-state index in [1.165, 1.54) is 12.1 Å². The normalized spacial score (nSPS) is 9.23. The minimum Gasteiger partial charge on any atom is -0.475 e. The Bertz CT molecular complexity index is 470. The molecule has 1 N–H and O–H groups in total. The SMILES string of the molecule is N#Cc1ccc(F)c2[nH][c-]cc12.[Co]. The smallest absolute Gasteiger partial charge is 0.0853 e. The fraction of sp³-hybridized carbons (Fsp3) is 0. The van der Waals surface area contributed by atoms with Crippen molar-refractivity contribution >= 4 is 10.9 Å². The predicted octanol–water partition coefficient (Wildman–Crippen LogP) is 1.98. The second-order valence-corrected chi connectivity index (χ2v) is 2.41. The Morgan fingerprint density at radius 2 is 2.23 bits per heavy atom. The minimum absolute atomic E-state index is 0. The number of aromatic nitrogens is 1. The molecule has 0 amide bonds. The molecule has 0 fully saturated rings. The number of aromatic amines is 1. The van der Waals surface area contributed by atoms with Crippen molar-refractivity contribution in [3.63, 3.8) is 0 Å². The molecule has 0 spiro atoms. The zero-order valence-electron chi connectivity index (χ0n) is 6.39. The van der Waals surface area contributed by atoms with E-state index >= 15 is 0 Å². The van der Waals surface area contributed by atoms with Crippen LogP contribution in [0.5, 0.6) is 0 Å². The number of hydrogen-bond acceptors (Lipinski definition) is 1. The maximum atomic E-state index is 13.0. The fourth-order valence-electron chi connectivity index (χ4n) is 1.15. The zero-order chi connectivity index (χ0) is 8.55. The van der Waals surface area contributed by atoms with Crippen LogP contribution in [0.4, 0.5) is 4.39 Å². The van der Waals surface area contributed by atoms with Gasteiger partial charge in [0.05, 0.1) is 11.9 Å². The summed E-state index contributed by atoms with van der Waals surface area (Å²) in [4.78, 5) is 2.61. The summed E-state index contributed by atoms with van der Waals surface area (Å²) in [5.74, 6) is -0.356. The molecular weight excluding hydrogens is 214 g/mol. The quantitative estimate of drug-likeness (QED) is 0.674. The third-order valence-corrected chi connectivity index (χ3v) is 1.73. The van der Waals surface area contributed by atoms with Crippen molar-refractivity contribution in [2.45, 2.75) is 0 Å². The first kappa shape index (κ1) is 9.77. The Balaban J connectivity index is 0.000000845. The summed E-state index contributed by atoms with van der Waals surface area (Å²) < 4.78 is 13.0. The van der Waals surface area contributed by atoms with Crippen molar-refractivity contribution in [2.24, 2.45) is 0 Å². The third kappa shape index (κ3) is 1.44. The molecule has 0 atom stereocenters. The van der Waals surface area contributed by atoms with Gasteiger partial charge in [-0.15, -0.1) is 11.6 Å². The topological polar surface area (TPSA) is 39.6 Å². The van der Waals surface area contributed by atoms with E-state index in [1.54, 1.807) is 6.07 Å². The molecule has 0 aliphatic rings. The second kappa shape index (κ2) is 3.60. The molecule has 67 valence electrons. The van der Waals surface area contributed by atoms with Crippen molar-refractivity contribution in [2.75, 3.05) is 0 Å². The minimum atomic E-state index is -0.356. The number of halogens is 1. The van der Waals surface area contributed by atoms with Crippen LogP contribution in [0, 0.1) is 23.3 Å². The average molecular weight is 218 g/mol. The Morgan fingerprint density at radius 3 is 2.92 bits per heavy atom. The van der Waals surface area contributed by atoms with Crippen LogP contribution in [-0.2, 0) is 16.8 Å². The molecule has 4 heteroatoms. The van der Waals surface area contributed by atoms with Gasteiger partial charge in [-0.25, -0.2) is 4.39 Å². The Labute approximate surface area is 84.6 Å². The van der Waals surface area contributed by atoms with Gasteiger partial charge in [-0.1, -0.05) is 11.6 Å². The van der Waals surface area contributed by atoms with Gasteiger partial charge in [-0.05, 0) is 11.6 Å². The van der Waals surface area contributed by atoms with E-state index in [9.17, 15) is 4.39 Å². The molecule has 1 aromatic carbocycles. The van der Waals surface area contributed by atoms with Gasteiger partial charge in [-0.3, -0.25) is 0 Å². The van der Waals surface area contributed by atoms with Gasteiger partial charge in [0.25, 0.3) is 0 Å². The molecule has 1 aromatic heterocycles. The van der Waals surface area contributed by atoms with Gasteiger partial charge in [0.2, 0.25) is 0 Å². The Kier molecular flexibility index (Phi) is 2.71. The number of H-pyrrole nitrogens is 1. The molecule has 0 saturated carbocycles.